The second-order valence-electron chi connectivity index (χ2n) is 5.30. The van der Waals surface area contributed by atoms with E-state index < -0.39 is 21.0 Å². The maximum absolute atomic E-state index is 9.39. The summed E-state index contributed by atoms with van der Waals surface area (Å²) in [5.41, 5.74) is 6.98. The summed E-state index contributed by atoms with van der Waals surface area (Å²) < 4.78 is 5.61. The first-order valence-electron chi connectivity index (χ1n) is 7.63. The van der Waals surface area contributed by atoms with Gasteiger partial charge in [-0.3, -0.25) is 0 Å². The van der Waals surface area contributed by atoms with Crippen molar-refractivity contribution in [2.24, 2.45) is 9.06 Å². The van der Waals surface area contributed by atoms with Crippen molar-refractivity contribution in [3.8, 4) is 0 Å². The van der Waals surface area contributed by atoms with Crippen LogP contribution in [0.25, 0.3) is 11.0 Å². The minimum atomic E-state index is -0.410. The van der Waals surface area contributed by atoms with Crippen LogP contribution in [0.2, 0.25) is 5.02 Å². The fourth-order valence-electron chi connectivity index (χ4n) is 2.18. The molecule has 0 unspecified atom stereocenters. The third-order valence-corrected chi connectivity index (χ3v) is 5.58. The van der Waals surface area contributed by atoms with Crippen molar-refractivity contribution in [1.82, 2.24) is 15.0 Å². The molecule has 0 aliphatic heterocycles. The molecule has 2 aromatic rings. The second-order valence-corrected chi connectivity index (χ2v) is 7.98. The minimum absolute atomic E-state index is 0.181. The molecule has 0 aliphatic rings. The molecule has 8 heteroatoms. The quantitative estimate of drug-likeness (QED) is 0.464. The van der Waals surface area contributed by atoms with E-state index in [4.69, 9.17) is 17.3 Å². The molecule has 0 aliphatic carbocycles. The minimum Gasteiger partial charge on any atom is -0.396 e. The lowest BCUT2D eigenvalue weighted by Crippen LogP contribution is -2.06. The highest BCUT2D eigenvalue weighted by atomic mass is 127. The SMILES string of the molecule is CCCC[C@@H](CO)CCI=Nc1nc(N)nc2cc(Cl)cnc12. The Bertz CT molecular complexity index is 677. The Labute approximate surface area is 151 Å². The van der Waals surface area contributed by atoms with Gasteiger partial charge in [-0.15, -0.1) is 0 Å². The van der Waals surface area contributed by atoms with Crippen molar-refractivity contribution in [3.63, 3.8) is 0 Å². The smallest absolute Gasteiger partial charge is 0.222 e. The number of halogens is 2. The van der Waals surface area contributed by atoms with Crippen molar-refractivity contribution in [2.75, 3.05) is 16.8 Å². The van der Waals surface area contributed by atoms with Gasteiger partial charge >= 0.3 is 0 Å². The predicted molar refractivity (Wildman–Crippen MR) is 102 cm³/mol. The van der Waals surface area contributed by atoms with Gasteiger partial charge in [0.1, 0.15) is 5.52 Å². The van der Waals surface area contributed by atoms with Crippen molar-refractivity contribution in [1.29, 1.82) is 0 Å². The molecule has 2 heterocycles. The molecule has 0 bridgehead atoms. The van der Waals surface area contributed by atoms with Crippen LogP contribution in [-0.2, 0) is 0 Å². The van der Waals surface area contributed by atoms with Gasteiger partial charge in [-0.2, -0.15) is 4.98 Å². The Balaban J connectivity index is 2.06. The molecule has 6 nitrogen and oxygen atoms in total. The number of nitrogens with two attached hydrogens (primary N) is 1. The molecule has 2 rings (SSSR count). The van der Waals surface area contributed by atoms with Gasteiger partial charge in [-0.1, -0.05) is 31.4 Å². The van der Waals surface area contributed by atoms with E-state index in [9.17, 15) is 5.11 Å². The van der Waals surface area contributed by atoms with Crippen LogP contribution in [0.1, 0.15) is 32.6 Å². The summed E-state index contributed by atoms with van der Waals surface area (Å²) >= 11 is 5.52. The van der Waals surface area contributed by atoms with Gasteiger partial charge in [0.05, 0.1) is 10.5 Å². The van der Waals surface area contributed by atoms with Crippen LogP contribution in [0.15, 0.2) is 15.4 Å². The molecule has 0 fully saturated rings. The molecule has 0 saturated heterocycles. The molecule has 0 saturated carbocycles. The van der Waals surface area contributed by atoms with Gasteiger partial charge in [-0.05, 0) is 45.9 Å². The number of aliphatic hydroxyl groups is 1. The maximum atomic E-state index is 9.39. The van der Waals surface area contributed by atoms with Crippen LogP contribution in [-0.4, -0.2) is 31.1 Å². The molecular formula is C15H21ClIN5O. The van der Waals surface area contributed by atoms with Gasteiger partial charge in [-0.25, -0.2) is 13.1 Å². The molecule has 126 valence electrons. The number of hydrogen-bond acceptors (Lipinski definition) is 6. The van der Waals surface area contributed by atoms with E-state index in [0.717, 1.165) is 23.7 Å². The van der Waals surface area contributed by atoms with E-state index in [1.54, 1.807) is 12.3 Å². The molecule has 3 N–H and O–H groups in total. The Hall–Kier alpha value is -0.930. The van der Waals surface area contributed by atoms with Crippen molar-refractivity contribution in [3.05, 3.63) is 17.3 Å². The molecule has 0 aromatic carbocycles. The standard InChI is InChI=1S/C15H21ClIN5O/c1-2-3-4-10(9-23)5-6-17-22-14-13-12(20-15(18)21-14)7-11(16)8-19-13/h7-8,10,23H,2-6,9H2,1H3,(H2,18,20,21)/t10-/m1/s1. The summed E-state index contributed by atoms with van der Waals surface area (Å²) in [4.78, 5) is 12.6. The molecular weight excluding hydrogens is 429 g/mol. The van der Waals surface area contributed by atoms with E-state index in [0.29, 0.717) is 27.8 Å². The third kappa shape index (κ3) is 5.58. The highest BCUT2D eigenvalue weighted by Gasteiger charge is 2.08. The zero-order valence-corrected chi connectivity index (χ0v) is 16.0. The van der Waals surface area contributed by atoms with Gasteiger partial charge in [0, 0.05) is 17.2 Å². The number of aromatic nitrogens is 3. The topological polar surface area (TPSA) is 97.3 Å². The third-order valence-electron chi connectivity index (χ3n) is 3.47. The van der Waals surface area contributed by atoms with Crippen molar-refractivity contribution >= 4 is 55.4 Å². The van der Waals surface area contributed by atoms with Crippen LogP contribution in [0, 0.1) is 5.92 Å². The fourth-order valence-corrected chi connectivity index (χ4v) is 4.39. The van der Waals surface area contributed by atoms with Crippen LogP contribution in [0.5, 0.6) is 0 Å². The number of unbranched alkanes of at least 4 members (excludes halogenated alkanes) is 1. The average molecular weight is 450 g/mol. The second kappa shape index (κ2) is 9.39. The van der Waals surface area contributed by atoms with Crippen molar-refractivity contribution in [2.45, 2.75) is 32.6 Å². The maximum Gasteiger partial charge on any atom is 0.222 e. The Morgan fingerprint density at radius 2 is 2.22 bits per heavy atom. The Kier molecular flexibility index (Phi) is 7.51. The first-order valence-corrected chi connectivity index (χ1v) is 10.5. The summed E-state index contributed by atoms with van der Waals surface area (Å²) in [7, 11) is 0. The summed E-state index contributed by atoms with van der Waals surface area (Å²) in [6.45, 7) is 2.42. The highest BCUT2D eigenvalue weighted by molar-refractivity contribution is 14.2. The number of fused-ring (bicyclic) bond motifs is 1. The van der Waals surface area contributed by atoms with E-state index in [-0.39, 0.29) is 12.6 Å². The fraction of sp³-hybridized carbons (Fsp3) is 0.533. The normalized spacial score (nSPS) is 13.3. The van der Waals surface area contributed by atoms with Gasteiger partial charge in [0.2, 0.25) is 5.95 Å². The van der Waals surface area contributed by atoms with Crippen LogP contribution in [0.4, 0.5) is 11.8 Å². The monoisotopic (exact) mass is 449 g/mol. The number of pyridine rings is 1. The van der Waals surface area contributed by atoms with Crippen LogP contribution in [0.3, 0.4) is 0 Å². The first-order chi connectivity index (χ1) is 11.1. The lowest BCUT2D eigenvalue weighted by molar-refractivity contribution is 0.214. The molecule has 23 heavy (non-hydrogen) atoms. The zero-order valence-electron chi connectivity index (χ0n) is 13.0. The number of nitrogens with zero attached hydrogens (tertiary/aromatic N) is 4. The van der Waals surface area contributed by atoms with Gasteiger partial charge in [0.25, 0.3) is 0 Å². The van der Waals surface area contributed by atoms with Gasteiger partial charge < -0.3 is 10.8 Å². The first kappa shape index (κ1) is 18.4. The number of rotatable bonds is 8. The van der Waals surface area contributed by atoms with E-state index >= 15 is 0 Å². The lowest BCUT2D eigenvalue weighted by atomic mass is 10.0. The molecule has 2 aromatic heterocycles. The number of anilines is 1. The lowest BCUT2D eigenvalue weighted by Gasteiger charge is -2.11. The Morgan fingerprint density at radius 3 is 2.96 bits per heavy atom. The van der Waals surface area contributed by atoms with Crippen molar-refractivity contribution < 1.29 is 5.11 Å². The van der Waals surface area contributed by atoms with Crippen LogP contribution < -0.4 is 5.73 Å². The van der Waals surface area contributed by atoms with E-state index in [1.807, 2.05) is 0 Å². The molecule has 0 spiro atoms. The molecule has 0 amide bonds. The zero-order chi connectivity index (χ0) is 16.7. The summed E-state index contributed by atoms with van der Waals surface area (Å²) in [5.74, 6) is 1.11. The predicted octanol–water partition coefficient (Wildman–Crippen LogP) is 4.24. The highest BCUT2D eigenvalue weighted by Crippen LogP contribution is 2.27. The average Bonchev–Trinajstić information content (AvgIpc) is 2.53. The number of nitrogen functional groups attached to an aromatic ring is 1. The van der Waals surface area contributed by atoms with Crippen LogP contribution >= 0.6 is 32.6 Å². The summed E-state index contributed by atoms with van der Waals surface area (Å²) in [6.07, 6.45) is 5.98. The number of hydrogen-bond donors (Lipinski definition) is 2. The molecule has 0 radical (unpaired) electrons. The number of alkyl halides is 1. The Morgan fingerprint density at radius 1 is 1.39 bits per heavy atom. The van der Waals surface area contributed by atoms with E-state index in [2.05, 4.69) is 25.0 Å². The summed E-state index contributed by atoms with van der Waals surface area (Å²) in [5, 5.41) is 9.91. The largest absolute Gasteiger partial charge is 0.396 e. The van der Waals surface area contributed by atoms with Gasteiger partial charge in [0.15, 0.2) is 5.82 Å². The summed E-state index contributed by atoms with van der Waals surface area (Å²) in [6, 6.07) is 1.71. The van der Waals surface area contributed by atoms with E-state index in [1.165, 1.54) is 6.42 Å². The molecule has 1 atom stereocenters. The number of aliphatic hydroxyl groups excluding tert-OH is 1.